The Morgan fingerprint density at radius 2 is 2.17 bits per heavy atom. The molecule has 7 nitrogen and oxygen atoms in total. The van der Waals surface area contributed by atoms with Crippen LogP contribution in [0.4, 0.5) is 10.1 Å². The number of benzene rings is 1. The minimum absolute atomic E-state index is 0.0556. The molecule has 0 radical (unpaired) electrons. The Hall–Kier alpha value is -2.42. The van der Waals surface area contributed by atoms with Crippen LogP contribution in [-0.2, 0) is 20.1 Å². The van der Waals surface area contributed by atoms with Gasteiger partial charge in [0.2, 0.25) is 5.89 Å². The van der Waals surface area contributed by atoms with Crippen molar-refractivity contribution in [1.82, 2.24) is 10.1 Å². The van der Waals surface area contributed by atoms with Crippen molar-refractivity contribution in [1.29, 1.82) is 0 Å². The third-order valence-corrected chi connectivity index (χ3v) is 3.74. The number of hydrogen-bond acceptors (Lipinski definition) is 7. The van der Waals surface area contributed by atoms with E-state index in [1.54, 1.807) is 26.0 Å². The van der Waals surface area contributed by atoms with Crippen molar-refractivity contribution in [3.8, 4) is 0 Å². The number of nitrogens with one attached hydrogen (secondary N) is 1. The highest BCUT2D eigenvalue weighted by Gasteiger charge is 2.10. The molecule has 1 N–H and O–H groups in total. The summed E-state index contributed by atoms with van der Waals surface area (Å²) in [4.78, 5) is 27.2. The smallest absolute Gasteiger partial charge is 0.316 e. The fraction of sp³-hybridized carbons (Fsp3) is 0.333. The van der Waals surface area contributed by atoms with Crippen LogP contribution < -0.4 is 5.32 Å². The van der Waals surface area contributed by atoms with Gasteiger partial charge in [-0.3, -0.25) is 9.59 Å². The number of aryl methyl sites for hydroxylation is 2. The lowest BCUT2D eigenvalue weighted by atomic mass is 10.2. The summed E-state index contributed by atoms with van der Waals surface area (Å²) in [5.74, 6) is -0.0861. The van der Waals surface area contributed by atoms with Crippen LogP contribution in [0.25, 0.3) is 0 Å². The molecule has 0 unspecified atom stereocenters. The Balaban J connectivity index is 1.67. The van der Waals surface area contributed by atoms with Crippen LogP contribution in [0.1, 0.15) is 17.3 Å². The number of hydrogen-bond donors (Lipinski definition) is 1. The van der Waals surface area contributed by atoms with Gasteiger partial charge in [-0.15, -0.1) is 11.8 Å². The van der Waals surface area contributed by atoms with E-state index in [4.69, 9.17) is 9.26 Å². The standard InChI is InChI=1S/C15H16FN3O4S/c1-9-3-4-11(5-12(9)16)18-14(20)6-22-15(21)8-24-7-13-17-10(2)23-19-13/h3-5H,6-8H2,1-2H3,(H,18,20). The molecule has 2 aromatic rings. The molecule has 1 heterocycles. The number of carbonyl (C=O) groups is 2. The number of nitrogens with zero attached hydrogens (tertiary/aromatic N) is 2. The van der Waals surface area contributed by atoms with Gasteiger partial charge in [-0.2, -0.15) is 4.98 Å². The molecule has 0 aliphatic rings. The molecule has 0 fully saturated rings. The van der Waals surface area contributed by atoms with E-state index in [0.29, 0.717) is 28.7 Å². The number of thioether (sulfide) groups is 1. The first-order chi connectivity index (χ1) is 11.4. The van der Waals surface area contributed by atoms with Gasteiger partial charge in [0.1, 0.15) is 5.82 Å². The quantitative estimate of drug-likeness (QED) is 0.763. The van der Waals surface area contributed by atoms with E-state index in [0.717, 1.165) is 0 Å². The fourth-order valence-corrected chi connectivity index (χ4v) is 2.33. The Labute approximate surface area is 142 Å². The Bertz CT molecular complexity index is 735. The molecule has 128 valence electrons. The van der Waals surface area contributed by atoms with E-state index in [1.807, 2.05) is 0 Å². The number of ether oxygens (including phenoxy) is 1. The molecule has 1 aromatic heterocycles. The largest absolute Gasteiger partial charge is 0.455 e. The molecular formula is C15H16FN3O4S. The molecule has 0 aliphatic heterocycles. The summed E-state index contributed by atoms with van der Waals surface area (Å²) in [6, 6.07) is 4.33. The molecule has 0 saturated carbocycles. The number of amides is 1. The van der Waals surface area contributed by atoms with Crippen molar-refractivity contribution in [2.75, 3.05) is 17.7 Å². The second kappa shape index (κ2) is 8.44. The van der Waals surface area contributed by atoms with E-state index in [2.05, 4.69) is 15.5 Å². The summed E-state index contributed by atoms with van der Waals surface area (Å²) in [5, 5.41) is 6.15. The van der Waals surface area contributed by atoms with Gasteiger partial charge in [-0.1, -0.05) is 11.2 Å². The van der Waals surface area contributed by atoms with Crippen molar-refractivity contribution < 1.29 is 23.2 Å². The Morgan fingerprint density at radius 1 is 1.38 bits per heavy atom. The topological polar surface area (TPSA) is 94.3 Å². The van der Waals surface area contributed by atoms with E-state index in [1.165, 1.54) is 17.8 Å². The maximum Gasteiger partial charge on any atom is 0.316 e. The highest BCUT2D eigenvalue weighted by Crippen LogP contribution is 2.13. The molecule has 24 heavy (non-hydrogen) atoms. The third kappa shape index (κ3) is 5.65. The van der Waals surface area contributed by atoms with Crippen LogP contribution >= 0.6 is 11.8 Å². The summed E-state index contributed by atoms with van der Waals surface area (Å²) in [5.41, 5.74) is 0.786. The monoisotopic (exact) mass is 353 g/mol. The third-order valence-electron chi connectivity index (χ3n) is 2.84. The van der Waals surface area contributed by atoms with Crippen molar-refractivity contribution in [3.05, 3.63) is 41.3 Å². The van der Waals surface area contributed by atoms with Gasteiger partial charge in [0, 0.05) is 12.6 Å². The van der Waals surface area contributed by atoms with E-state index in [-0.39, 0.29) is 5.75 Å². The molecule has 9 heteroatoms. The van der Waals surface area contributed by atoms with Crippen molar-refractivity contribution in [2.45, 2.75) is 19.6 Å². The maximum atomic E-state index is 13.4. The van der Waals surface area contributed by atoms with Crippen LogP contribution in [0.5, 0.6) is 0 Å². The number of carbonyl (C=O) groups excluding carboxylic acids is 2. The van der Waals surface area contributed by atoms with Crippen LogP contribution in [-0.4, -0.2) is 34.4 Å². The van der Waals surface area contributed by atoms with E-state index < -0.39 is 24.3 Å². The average Bonchev–Trinajstić information content (AvgIpc) is 2.94. The number of esters is 1. The van der Waals surface area contributed by atoms with E-state index in [9.17, 15) is 14.0 Å². The van der Waals surface area contributed by atoms with Crippen molar-refractivity contribution in [2.24, 2.45) is 0 Å². The van der Waals surface area contributed by atoms with Gasteiger partial charge in [0.25, 0.3) is 5.91 Å². The maximum absolute atomic E-state index is 13.4. The first-order valence-corrected chi connectivity index (χ1v) is 8.18. The Kier molecular flexibility index (Phi) is 6.30. The van der Waals surface area contributed by atoms with Gasteiger partial charge in [0.15, 0.2) is 12.4 Å². The minimum Gasteiger partial charge on any atom is -0.455 e. The van der Waals surface area contributed by atoms with Crippen molar-refractivity contribution >= 4 is 29.3 Å². The number of rotatable bonds is 7. The summed E-state index contributed by atoms with van der Waals surface area (Å²) in [6.07, 6.45) is 0. The summed E-state index contributed by atoms with van der Waals surface area (Å²) in [6.45, 7) is 2.86. The zero-order chi connectivity index (χ0) is 17.5. The van der Waals surface area contributed by atoms with Gasteiger partial charge >= 0.3 is 5.97 Å². The zero-order valence-corrected chi connectivity index (χ0v) is 14.0. The summed E-state index contributed by atoms with van der Waals surface area (Å²) < 4.78 is 23.0. The predicted octanol–water partition coefficient (Wildman–Crippen LogP) is 2.24. The first kappa shape index (κ1) is 17.9. The lowest BCUT2D eigenvalue weighted by Crippen LogP contribution is -2.21. The summed E-state index contributed by atoms with van der Waals surface area (Å²) >= 11 is 1.25. The SMILES string of the molecule is Cc1nc(CSCC(=O)OCC(=O)Nc2ccc(C)c(F)c2)no1. The first-order valence-electron chi connectivity index (χ1n) is 7.02. The van der Waals surface area contributed by atoms with Crippen LogP contribution in [0.3, 0.4) is 0 Å². The van der Waals surface area contributed by atoms with Crippen LogP contribution in [0.2, 0.25) is 0 Å². The minimum atomic E-state index is -0.537. The average molecular weight is 353 g/mol. The summed E-state index contributed by atoms with van der Waals surface area (Å²) in [7, 11) is 0. The van der Waals surface area contributed by atoms with Gasteiger partial charge < -0.3 is 14.6 Å². The lowest BCUT2D eigenvalue weighted by Gasteiger charge is -2.07. The highest BCUT2D eigenvalue weighted by molar-refractivity contribution is 7.99. The normalized spacial score (nSPS) is 10.5. The molecular weight excluding hydrogens is 337 g/mol. The van der Waals surface area contributed by atoms with Crippen LogP contribution in [0, 0.1) is 19.7 Å². The molecule has 0 atom stereocenters. The Morgan fingerprint density at radius 3 is 2.83 bits per heavy atom. The second-order valence-electron chi connectivity index (χ2n) is 4.90. The zero-order valence-electron chi connectivity index (χ0n) is 13.2. The van der Waals surface area contributed by atoms with Gasteiger partial charge in [0.05, 0.1) is 11.5 Å². The lowest BCUT2D eigenvalue weighted by molar-refractivity contribution is -0.144. The molecule has 0 bridgehead atoms. The molecule has 1 amide bonds. The highest BCUT2D eigenvalue weighted by atomic mass is 32.2. The molecule has 1 aromatic carbocycles. The second-order valence-corrected chi connectivity index (χ2v) is 5.88. The van der Waals surface area contributed by atoms with E-state index >= 15 is 0 Å². The molecule has 0 saturated heterocycles. The van der Waals surface area contributed by atoms with Crippen molar-refractivity contribution in [3.63, 3.8) is 0 Å². The number of aromatic nitrogens is 2. The molecule has 0 aliphatic carbocycles. The molecule has 0 spiro atoms. The van der Waals surface area contributed by atoms with Gasteiger partial charge in [-0.05, 0) is 24.6 Å². The molecule has 2 rings (SSSR count). The predicted molar refractivity (Wildman–Crippen MR) is 85.9 cm³/mol. The number of anilines is 1. The van der Waals surface area contributed by atoms with Crippen LogP contribution in [0.15, 0.2) is 22.7 Å². The fourth-order valence-electron chi connectivity index (χ4n) is 1.68. The van der Waals surface area contributed by atoms with Gasteiger partial charge in [-0.25, -0.2) is 4.39 Å². The number of halogens is 1.